The van der Waals surface area contributed by atoms with Crippen molar-refractivity contribution < 1.29 is 3.07 Å². The van der Waals surface area contributed by atoms with Crippen LogP contribution in [0, 0.1) is 0 Å². The molecule has 0 unspecified atom stereocenters. The van der Waals surface area contributed by atoms with Crippen LogP contribution in [0.5, 0.6) is 0 Å². The fourth-order valence-corrected chi connectivity index (χ4v) is 2.76. The second-order valence-corrected chi connectivity index (χ2v) is 4.54. The normalized spacial score (nSPS) is 28.8. The van der Waals surface area contributed by atoms with Crippen LogP contribution in [0.25, 0.3) is 0 Å². The Morgan fingerprint density at radius 2 is 1.83 bits per heavy atom. The van der Waals surface area contributed by atoms with Crippen LogP contribution in [0.2, 0.25) is 0 Å². The van der Waals surface area contributed by atoms with Crippen LogP contribution in [0.4, 0.5) is 0 Å². The van der Waals surface area contributed by atoms with E-state index in [4.69, 9.17) is 3.07 Å². The lowest BCUT2D eigenvalue weighted by Crippen LogP contribution is -2.47. The number of likely N-dealkylation sites (tertiary alicyclic amines) is 1. The Morgan fingerprint density at radius 3 is 2.25 bits per heavy atom. The molecule has 0 radical (unpaired) electrons. The number of hydrogen-bond donors (Lipinski definition) is 0. The lowest BCUT2D eigenvalue weighted by Gasteiger charge is -2.41. The minimum absolute atomic E-state index is 0.241. The highest BCUT2D eigenvalue weighted by Gasteiger charge is 2.39. The monoisotopic (exact) mass is 281 g/mol. The summed E-state index contributed by atoms with van der Waals surface area (Å²) >= 11 is 2.08. The molecule has 0 bridgehead atoms. The molecule has 0 amide bonds. The molecule has 1 saturated heterocycles. The molecule has 0 spiro atoms. The van der Waals surface area contributed by atoms with Crippen molar-refractivity contribution in [2.24, 2.45) is 0 Å². The van der Waals surface area contributed by atoms with Crippen LogP contribution in [-0.2, 0) is 3.07 Å². The molecule has 0 atom stereocenters. The summed E-state index contributed by atoms with van der Waals surface area (Å²) in [5.41, 5.74) is 0.241. The van der Waals surface area contributed by atoms with Gasteiger partial charge >= 0.3 is 0 Å². The van der Waals surface area contributed by atoms with Gasteiger partial charge in [-0.05, 0) is 45.2 Å². The van der Waals surface area contributed by atoms with Gasteiger partial charge in [0.1, 0.15) is 23.0 Å². The summed E-state index contributed by atoms with van der Waals surface area (Å²) in [5.74, 6) is 0. The van der Waals surface area contributed by atoms with E-state index in [9.17, 15) is 0 Å². The zero-order valence-electron chi connectivity index (χ0n) is 7.39. The Balaban J connectivity index is 1.83. The van der Waals surface area contributed by atoms with Gasteiger partial charge in [0.25, 0.3) is 0 Å². The Kier molecular flexibility index (Phi) is 2.92. The second kappa shape index (κ2) is 3.80. The largest absolute Gasteiger partial charge is 0.308 e. The maximum absolute atomic E-state index is 5.56. The summed E-state index contributed by atoms with van der Waals surface area (Å²) in [5, 5.41) is 0. The van der Waals surface area contributed by atoms with E-state index >= 15 is 0 Å². The van der Waals surface area contributed by atoms with Crippen molar-refractivity contribution in [3.05, 3.63) is 0 Å². The van der Waals surface area contributed by atoms with E-state index in [1.807, 2.05) is 0 Å². The fraction of sp³-hybridized carbons (Fsp3) is 1.00. The van der Waals surface area contributed by atoms with Crippen molar-refractivity contribution >= 4 is 23.0 Å². The SMILES string of the molecule is IOC1(CN2CCCC2)CCC1. The standard InChI is InChI=1S/C9H16INO/c10-12-9(4-3-5-9)8-11-6-1-2-7-11/h1-8H2. The predicted octanol–water partition coefficient (Wildman–Crippen LogP) is 2.37. The molecule has 2 rings (SSSR count). The van der Waals surface area contributed by atoms with Crippen LogP contribution >= 0.6 is 23.0 Å². The van der Waals surface area contributed by atoms with Gasteiger partial charge < -0.3 is 7.97 Å². The third-order valence-electron chi connectivity index (χ3n) is 3.14. The van der Waals surface area contributed by atoms with E-state index in [-0.39, 0.29) is 5.60 Å². The molecule has 1 saturated carbocycles. The van der Waals surface area contributed by atoms with Crippen molar-refractivity contribution in [1.82, 2.24) is 4.90 Å². The lowest BCUT2D eigenvalue weighted by atomic mass is 9.80. The molecule has 1 heterocycles. The summed E-state index contributed by atoms with van der Waals surface area (Å²) in [6.07, 6.45) is 6.67. The summed E-state index contributed by atoms with van der Waals surface area (Å²) in [7, 11) is 0. The number of hydrogen-bond acceptors (Lipinski definition) is 2. The Bertz CT molecular complexity index is 147. The molecule has 0 aromatic heterocycles. The van der Waals surface area contributed by atoms with E-state index in [1.54, 1.807) is 0 Å². The minimum atomic E-state index is 0.241. The lowest BCUT2D eigenvalue weighted by molar-refractivity contribution is 0.00396. The molecule has 2 aliphatic rings. The Hall–Kier alpha value is 0.650. The van der Waals surface area contributed by atoms with Crippen LogP contribution in [0.3, 0.4) is 0 Å². The molecule has 0 N–H and O–H groups in total. The first kappa shape index (κ1) is 9.21. The van der Waals surface area contributed by atoms with Crippen LogP contribution < -0.4 is 0 Å². The number of rotatable bonds is 3. The first-order valence-electron chi connectivity index (χ1n) is 4.87. The Morgan fingerprint density at radius 1 is 1.17 bits per heavy atom. The molecule has 2 nitrogen and oxygen atoms in total. The highest BCUT2D eigenvalue weighted by atomic mass is 127. The average Bonchev–Trinajstić information content (AvgIpc) is 2.49. The van der Waals surface area contributed by atoms with Gasteiger partial charge in [-0.1, -0.05) is 0 Å². The van der Waals surface area contributed by atoms with E-state index in [0.717, 1.165) is 0 Å². The first-order chi connectivity index (χ1) is 5.85. The third kappa shape index (κ3) is 1.77. The minimum Gasteiger partial charge on any atom is -0.308 e. The summed E-state index contributed by atoms with van der Waals surface area (Å²) in [4.78, 5) is 2.55. The highest BCUT2D eigenvalue weighted by molar-refractivity contribution is 14.1. The van der Waals surface area contributed by atoms with Gasteiger partial charge in [0.2, 0.25) is 0 Å². The first-order valence-corrected chi connectivity index (χ1v) is 5.75. The Labute approximate surface area is 88.3 Å². The molecule has 0 aromatic rings. The van der Waals surface area contributed by atoms with Gasteiger partial charge in [0, 0.05) is 6.54 Å². The molecule has 2 fully saturated rings. The summed E-state index contributed by atoms with van der Waals surface area (Å²) in [6.45, 7) is 3.76. The van der Waals surface area contributed by atoms with Gasteiger partial charge in [0.05, 0.1) is 5.60 Å². The molecule has 1 aliphatic carbocycles. The quantitative estimate of drug-likeness (QED) is 0.736. The maximum atomic E-state index is 5.56. The topological polar surface area (TPSA) is 12.5 Å². The van der Waals surface area contributed by atoms with Crippen molar-refractivity contribution in [2.45, 2.75) is 37.7 Å². The van der Waals surface area contributed by atoms with Crippen molar-refractivity contribution in [1.29, 1.82) is 0 Å². The van der Waals surface area contributed by atoms with E-state index in [2.05, 4.69) is 27.9 Å². The maximum Gasteiger partial charge on any atom is 0.110 e. The summed E-state index contributed by atoms with van der Waals surface area (Å²) in [6, 6.07) is 0. The molecule has 12 heavy (non-hydrogen) atoms. The van der Waals surface area contributed by atoms with Crippen molar-refractivity contribution in [3.63, 3.8) is 0 Å². The smallest absolute Gasteiger partial charge is 0.110 e. The van der Waals surface area contributed by atoms with Gasteiger partial charge in [-0.25, -0.2) is 0 Å². The highest BCUT2D eigenvalue weighted by Crippen LogP contribution is 2.38. The van der Waals surface area contributed by atoms with Crippen LogP contribution in [0.15, 0.2) is 0 Å². The fourth-order valence-electron chi connectivity index (χ4n) is 2.18. The molecule has 1 aliphatic heterocycles. The van der Waals surface area contributed by atoms with Crippen molar-refractivity contribution in [3.8, 4) is 0 Å². The summed E-state index contributed by atoms with van der Waals surface area (Å²) < 4.78 is 5.56. The third-order valence-corrected chi connectivity index (χ3v) is 4.07. The zero-order valence-corrected chi connectivity index (χ0v) is 9.55. The van der Waals surface area contributed by atoms with Gasteiger partial charge in [-0.3, -0.25) is 0 Å². The van der Waals surface area contributed by atoms with E-state index < -0.39 is 0 Å². The van der Waals surface area contributed by atoms with Gasteiger partial charge in [-0.2, -0.15) is 0 Å². The predicted molar refractivity (Wildman–Crippen MR) is 57.4 cm³/mol. The van der Waals surface area contributed by atoms with Gasteiger partial charge in [0.15, 0.2) is 0 Å². The second-order valence-electron chi connectivity index (χ2n) is 4.10. The number of nitrogens with zero attached hydrogens (tertiary/aromatic N) is 1. The molecule has 70 valence electrons. The van der Waals surface area contributed by atoms with E-state index in [0.29, 0.717) is 0 Å². The number of halogens is 1. The molecule has 0 aromatic carbocycles. The zero-order chi connectivity index (χ0) is 8.44. The van der Waals surface area contributed by atoms with Crippen molar-refractivity contribution in [2.75, 3.05) is 19.6 Å². The molecular formula is C9H16INO. The van der Waals surface area contributed by atoms with Crippen LogP contribution in [0.1, 0.15) is 32.1 Å². The molecular weight excluding hydrogens is 265 g/mol. The van der Waals surface area contributed by atoms with Crippen LogP contribution in [-0.4, -0.2) is 30.1 Å². The molecule has 3 heteroatoms. The van der Waals surface area contributed by atoms with Gasteiger partial charge in [-0.15, -0.1) is 0 Å². The average molecular weight is 281 g/mol. The van der Waals surface area contributed by atoms with E-state index in [1.165, 1.54) is 51.7 Å².